The van der Waals surface area contributed by atoms with Crippen LogP contribution in [0.4, 0.5) is 0 Å². The van der Waals surface area contributed by atoms with Crippen LogP contribution in [0.25, 0.3) is 0 Å². The van der Waals surface area contributed by atoms with Crippen molar-refractivity contribution >= 4 is 38.4 Å². The predicted molar refractivity (Wildman–Crippen MR) is 344 cm³/mol. The molecule has 0 saturated heterocycles. The van der Waals surface area contributed by atoms with E-state index in [1.165, 1.54) is 231 Å². The zero-order valence-electron chi connectivity index (χ0n) is 52.0. The smallest absolute Gasteiger partial charge is 0 e. The first-order valence-electron chi connectivity index (χ1n) is 32.4. The van der Waals surface area contributed by atoms with Gasteiger partial charge in [0.25, 0.3) is 0 Å². The first-order valence-corrected chi connectivity index (χ1v) is 34.4. The second-order valence-electron chi connectivity index (χ2n) is 22.4. The van der Waals surface area contributed by atoms with Crippen LogP contribution in [0.3, 0.4) is 0 Å². The summed E-state index contributed by atoms with van der Waals surface area (Å²) in [5.74, 6) is 0. The van der Waals surface area contributed by atoms with E-state index in [-0.39, 0.29) is 37.1 Å². The van der Waals surface area contributed by atoms with Gasteiger partial charge in [-0.3, -0.25) is 0 Å². The van der Waals surface area contributed by atoms with E-state index >= 15 is 0 Å². The van der Waals surface area contributed by atoms with Gasteiger partial charge in [0.15, 0.2) is 0 Å². The number of hydrogen-bond donors (Lipinski definition) is 0. The molecule has 0 nitrogen and oxygen atoms in total. The Morgan fingerprint density at radius 1 is 0.197 bits per heavy atom. The van der Waals surface area contributed by atoms with Crippen molar-refractivity contribution in [2.75, 3.05) is 0 Å². The number of hydrogen-bond acceptors (Lipinski definition) is 0. The van der Waals surface area contributed by atoms with Gasteiger partial charge in [-0.05, 0) is 242 Å². The summed E-state index contributed by atoms with van der Waals surface area (Å²) in [6, 6.07) is 20.3. The molecule has 0 aromatic heterocycles. The van der Waals surface area contributed by atoms with Crippen LogP contribution >= 0.6 is 17.2 Å². The molecule has 0 aliphatic rings. The number of benzene rings is 4. The maximum atomic E-state index is 2.55. The van der Waals surface area contributed by atoms with Crippen LogP contribution in [0.1, 0.15) is 304 Å². The minimum absolute atomic E-state index is 0. The maximum Gasteiger partial charge on any atom is 0 e. The van der Waals surface area contributed by atoms with Gasteiger partial charge in [-0.25, -0.2) is 0 Å². The second kappa shape index (κ2) is 45.5. The molecule has 2 radical (unpaired) electrons. The topological polar surface area (TPSA) is 0 Å². The summed E-state index contributed by atoms with van der Waals surface area (Å²) in [4.78, 5) is 0. The summed E-state index contributed by atoms with van der Waals surface area (Å²) >= 11 is 0. The van der Waals surface area contributed by atoms with E-state index in [1.807, 2.05) is 0 Å². The molecule has 0 unspecified atom stereocenters. The molecular weight excluding hydrogens is 1030 g/mol. The molecule has 426 valence electrons. The molecule has 76 heavy (non-hydrogen) atoms. The monoisotopic (exact) mass is 1150 g/mol. The van der Waals surface area contributed by atoms with E-state index in [0.29, 0.717) is 0 Å². The Hall–Kier alpha value is -1.09. The molecule has 0 amide bonds. The fourth-order valence-corrected chi connectivity index (χ4v) is 14.3. The molecule has 0 saturated carbocycles. The Bertz CT molecular complexity index is 1800. The van der Waals surface area contributed by atoms with Gasteiger partial charge < -0.3 is 0 Å². The van der Waals surface area contributed by atoms with Crippen molar-refractivity contribution < 1.29 is 37.1 Å². The molecule has 0 fully saturated rings. The van der Waals surface area contributed by atoms with Crippen LogP contribution in [0, 0.1) is 0 Å². The maximum absolute atomic E-state index is 2.55. The standard InChI is InChI=1S/2C36H59P.2V/c2*1-7-13-19-29-25-27-35(33(23-17-11-5)31(29)21-15-9-3)37-36-28-26-30(20-14-8-2)32(22-16-10-4)34(36)24-18-12-6;;/h2*25-28,37H,7-24H2,1-6H3;;. The van der Waals surface area contributed by atoms with Crippen molar-refractivity contribution in [2.24, 2.45) is 0 Å². The predicted octanol–water partition coefficient (Wildman–Crippen LogP) is 20.7. The SMILES string of the molecule is CCCCc1ccc(Pc2ccc(CCCC)c(CCCC)c2CCCC)c(CCCC)c1CCCC.CCCCc1ccc(Pc2ccc(CCCC)c(CCCC)c2CCCC)c(CCCC)c1CCCC.[V].[V]. The first-order chi connectivity index (χ1) is 36.3. The molecule has 0 heterocycles. The summed E-state index contributed by atoms with van der Waals surface area (Å²) in [6.07, 6.45) is 46.4. The average molecular weight is 1150 g/mol. The Morgan fingerprint density at radius 2 is 0.342 bits per heavy atom. The summed E-state index contributed by atoms with van der Waals surface area (Å²) in [5, 5.41) is 6.61. The van der Waals surface area contributed by atoms with E-state index in [2.05, 4.69) is 132 Å². The van der Waals surface area contributed by atoms with Gasteiger partial charge >= 0.3 is 0 Å². The van der Waals surface area contributed by atoms with E-state index in [1.54, 1.807) is 88.0 Å². The molecule has 0 spiro atoms. The Balaban J connectivity index is 0.000000741. The van der Waals surface area contributed by atoms with E-state index < -0.39 is 0 Å². The van der Waals surface area contributed by atoms with Crippen molar-refractivity contribution in [2.45, 2.75) is 314 Å². The summed E-state index contributed by atoms with van der Waals surface area (Å²) in [5.41, 5.74) is 20.5. The third-order valence-electron chi connectivity index (χ3n) is 16.1. The fraction of sp³-hybridized carbons (Fsp3) is 0.667. The van der Waals surface area contributed by atoms with Crippen molar-refractivity contribution in [3.8, 4) is 0 Å². The first kappa shape index (κ1) is 72.9. The van der Waals surface area contributed by atoms with Crippen molar-refractivity contribution in [3.63, 3.8) is 0 Å². The molecule has 0 aliphatic carbocycles. The van der Waals surface area contributed by atoms with Gasteiger partial charge in [-0.15, -0.1) is 0 Å². The Morgan fingerprint density at radius 3 is 0.500 bits per heavy atom. The number of unbranched alkanes of at least 4 members (excludes halogenated alkanes) is 12. The van der Waals surface area contributed by atoms with Gasteiger partial charge in [0.1, 0.15) is 0 Å². The van der Waals surface area contributed by atoms with E-state index in [4.69, 9.17) is 0 Å². The third kappa shape index (κ3) is 25.0. The van der Waals surface area contributed by atoms with Gasteiger partial charge in [0, 0.05) is 37.1 Å². The van der Waals surface area contributed by atoms with Crippen LogP contribution < -0.4 is 21.2 Å². The minimum Gasteiger partial charge on any atom is -0.0654 e. The summed E-state index contributed by atoms with van der Waals surface area (Å²) in [7, 11) is 1.59. The van der Waals surface area contributed by atoms with Crippen LogP contribution in [0.15, 0.2) is 48.5 Å². The molecule has 0 N–H and O–H groups in total. The van der Waals surface area contributed by atoms with Crippen molar-refractivity contribution in [3.05, 3.63) is 115 Å². The second-order valence-corrected chi connectivity index (χ2v) is 25.1. The zero-order valence-corrected chi connectivity index (χ0v) is 56.8. The van der Waals surface area contributed by atoms with Crippen LogP contribution in [0.2, 0.25) is 0 Å². The number of rotatable bonds is 40. The van der Waals surface area contributed by atoms with Crippen LogP contribution in [0.5, 0.6) is 0 Å². The molecule has 4 heteroatoms. The molecule has 4 rings (SSSR count). The van der Waals surface area contributed by atoms with E-state index in [9.17, 15) is 0 Å². The quantitative estimate of drug-likeness (QED) is 0.0390. The third-order valence-corrected chi connectivity index (χ3v) is 19.0. The molecular formula is C72H118P2V2. The van der Waals surface area contributed by atoms with Crippen molar-refractivity contribution in [1.82, 2.24) is 0 Å². The number of aryl methyl sites for hydroxylation is 4. The zero-order chi connectivity index (χ0) is 53.8. The Labute approximate surface area is 501 Å². The summed E-state index contributed by atoms with van der Waals surface area (Å²) < 4.78 is 0. The molecule has 0 bridgehead atoms. The van der Waals surface area contributed by atoms with Gasteiger partial charge in [-0.2, -0.15) is 0 Å². The van der Waals surface area contributed by atoms with E-state index in [0.717, 1.165) is 17.2 Å². The van der Waals surface area contributed by atoms with Gasteiger partial charge in [0.2, 0.25) is 0 Å². The molecule has 4 aromatic rings. The molecule has 0 aliphatic heterocycles. The normalized spacial score (nSPS) is 11.1. The van der Waals surface area contributed by atoms with Crippen molar-refractivity contribution in [1.29, 1.82) is 0 Å². The summed E-state index contributed by atoms with van der Waals surface area (Å²) in [6.45, 7) is 28.1. The molecule has 4 aromatic carbocycles. The molecule has 0 atom stereocenters. The van der Waals surface area contributed by atoms with Crippen LogP contribution in [-0.2, 0) is 114 Å². The fourth-order valence-electron chi connectivity index (χ4n) is 11.3. The van der Waals surface area contributed by atoms with Gasteiger partial charge in [0.05, 0.1) is 0 Å². The average Bonchev–Trinajstić information content (AvgIpc) is 3.42. The van der Waals surface area contributed by atoms with Gasteiger partial charge in [-0.1, -0.05) is 226 Å². The Kier molecular flexibility index (Phi) is 43.7. The largest absolute Gasteiger partial charge is 0.0654 e. The minimum atomic E-state index is 0. The van der Waals surface area contributed by atoms with Crippen LogP contribution in [-0.4, -0.2) is 0 Å².